The maximum Gasteiger partial charge on any atom is 0.407 e. The molecule has 226 valence electrons. The zero-order chi connectivity index (χ0) is 28.2. The van der Waals surface area contributed by atoms with Crippen LogP contribution in [0.2, 0.25) is 0 Å². The summed E-state index contributed by atoms with van der Waals surface area (Å²) >= 11 is 0. The maximum atomic E-state index is 12.5. The predicted octanol–water partition coefficient (Wildman–Crippen LogP) is 9.17. The number of fused-ring (bicyclic) bond motifs is 5. The Morgan fingerprint density at radius 3 is 2.59 bits per heavy atom. The van der Waals surface area contributed by atoms with Gasteiger partial charge >= 0.3 is 6.09 Å². The SMILES string of the molecule is CCC(CCO)CCNC(=O)OC1CC[C@@]2(C)C(=CCC3C4CCC(C(C)CCCC(C)C)[C@@]4(C)CCC32)C1.[HH]. The van der Waals surface area contributed by atoms with Gasteiger partial charge in [-0.05, 0) is 110 Å². The number of hydrogen-bond donors (Lipinski definition) is 2. The Bertz CT molecular complexity index is 844. The second-order valence-corrected chi connectivity index (χ2v) is 15.1. The van der Waals surface area contributed by atoms with Crippen molar-refractivity contribution < 1.29 is 16.1 Å². The summed E-state index contributed by atoms with van der Waals surface area (Å²) in [6, 6.07) is 0. The number of hydrogen-bond acceptors (Lipinski definition) is 3. The van der Waals surface area contributed by atoms with Crippen LogP contribution in [0.4, 0.5) is 4.79 Å². The molecule has 39 heavy (non-hydrogen) atoms. The van der Waals surface area contributed by atoms with Gasteiger partial charge in [0.2, 0.25) is 0 Å². The first-order chi connectivity index (χ1) is 18.6. The average molecular weight is 546 g/mol. The lowest BCUT2D eigenvalue weighted by molar-refractivity contribution is -0.0581. The molecule has 0 saturated heterocycles. The number of allylic oxidation sites excluding steroid dienone is 1. The van der Waals surface area contributed by atoms with Crippen LogP contribution in [0.15, 0.2) is 11.6 Å². The van der Waals surface area contributed by atoms with Gasteiger partial charge in [0.1, 0.15) is 6.10 Å². The van der Waals surface area contributed by atoms with E-state index < -0.39 is 0 Å². The van der Waals surface area contributed by atoms with E-state index in [0.717, 1.165) is 74.0 Å². The highest BCUT2D eigenvalue weighted by Crippen LogP contribution is 2.67. The number of alkyl carbamates (subject to hydrolysis) is 1. The molecular weight excluding hydrogens is 482 g/mol. The molecule has 0 spiro atoms. The summed E-state index contributed by atoms with van der Waals surface area (Å²) in [6.45, 7) is 15.5. The number of carbonyl (C=O) groups is 1. The molecule has 3 saturated carbocycles. The van der Waals surface area contributed by atoms with Crippen molar-refractivity contribution in [3.8, 4) is 0 Å². The molecule has 2 N–H and O–H groups in total. The van der Waals surface area contributed by atoms with Gasteiger partial charge < -0.3 is 15.2 Å². The lowest BCUT2D eigenvalue weighted by atomic mass is 9.47. The standard InChI is InChI=1S/C35H61NO3.H2/c1-7-26(18-22-37)17-21-36-33(38)39-28-15-19-34(5)27(23-28)11-12-29-31-14-13-30(25(4)10-8-9-24(2)3)35(31,6)20-16-32(29)34;/h11,24-26,28-32,37H,7-10,12-23H2,1-6H3,(H,36,38);1H/t25?,26?,28?,29?,30?,31?,32?,34-,35+;/m0./s1. The molecule has 0 radical (unpaired) electrons. The van der Waals surface area contributed by atoms with E-state index in [4.69, 9.17) is 4.74 Å². The summed E-state index contributed by atoms with van der Waals surface area (Å²) in [5, 5.41) is 12.2. The molecule has 0 aromatic carbocycles. The van der Waals surface area contributed by atoms with Crippen LogP contribution >= 0.6 is 0 Å². The largest absolute Gasteiger partial charge is 0.446 e. The van der Waals surface area contributed by atoms with Gasteiger partial charge in [0.15, 0.2) is 0 Å². The van der Waals surface area contributed by atoms with E-state index in [1.54, 1.807) is 5.57 Å². The summed E-state index contributed by atoms with van der Waals surface area (Å²) in [5.41, 5.74) is 2.41. The first-order valence-electron chi connectivity index (χ1n) is 16.9. The minimum absolute atomic E-state index is 0. The van der Waals surface area contributed by atoms with E-state index in [1.165, 1.54) is 51.4 Å². The maximum absolute atomic E-state index is 12.5. The molecule has 0 heterocycles. The number of aliphatic hydroxyl groups excluding tert-OH is 1. The Balaban J connectivity index is 0.00000441. The van der Waals surface area contributed by atoms with E-state index >= 15 is 0 Å². The Hall–Kier alpha value is -1.03. The van der Waals surface area contributed by atoms with Crippen LogP contribution in [0.5, 0.6) is 0 Å². The third-order valence-corrected chi connectivity index (χ3v) is 12.5. The van der Waals surface area contributed by atoms with Crippen LogP contribution in [0.3, 0.4) is 0 Å². The fraction of sp³-hybridized carbons (Fsp3) is 0.914. The van der Waals surface area contributed by atoms with Crippen LogP contribution in [-0.2, 0) is 4.74 Å². The van der Waals surface area contributed by atoms with Gasteiger partial charge in [-0.25, -0.2) is 4.79 Å². The highest BCUT2D eigenvalue weighted by atomic mass is 16.6. The Labute approximate surface area is 242 Å². The van der Waals surface area contributed by atoms with Crippen molar-refractivity contribution in [2.24, 2.45) is 52.3 Å². The van der Waals surface area contributed by atoms with Gasteiger partial charge in [-0.1, -0.05) is 78.9 Å². The van der Waals surface area contributed by atoms with Gasteiger partial charge in [0.05, 0.1) is 0 Å². The van der Waals surface area contributed by atoms with Crippen molar-refractivity contribution >= 4 is 6.09 Å². The van der Waals surface area contributed by atoms with Crippen molar-refractivity contribution in [3.05, 3.63) is 11.6 Å². The second kappa shape index (κ2) is 13.3. The number of rotatable bonds is 12. The van der Waals surface area contributed by atoms with E-state index in [2.05, 4.69) is 52.9 Å². The van der Waals surface area contributed by atoms with E-state index in [9.17, 15) is 9.90 Å². The number of ether oxygens (including phenoxy) is 1. The fourth-order valence-corrected chi connectivity index (χ4v) is 10.1. The van der Waals surface area contributed by atoms with E-state index in [0.29, 0.717) is 23.3 Å². The van der Waals surface area contributed by atoms with Gasteiger partial charge in [0.25, 0.3) is 0 Å². The molecule has 0 aliphatic heterocycles. The monoisotopic (exact) mass is 545 g/mol. The summed E-state index contributed by atoms with van der Waals surface area (Å²) in [4.78, 5) is 12.5. The molecule has 0 aromatic heterocycles. The third-order valence-electron chi connectivity index (χ3n) is 12.5. The minimum Gasteiger partial charge on any atom is -0.446 e. The summed E-state index contributed by atoms with van der Waals surface area (Å²) in [5.74, 6) is 5.60. The molecule has 0 bridgehead atoms. The van der Waals surface area contributed by atoms with Crippen molar-refractivity contribution in [3.63, 3.8) is 0 Å². The molecule has 4 nitrogen and oxygen atoms in total. The summed E-state index contributed by atoms with van der Waals surface area (Å²) in [6.07, 6.45) is 19.3. The summed E-state index contributed by atoms with van der Waals surface area (Å²) < 4.78 is 5.93. The van der Waals surface area contributed by atoms with Crippen molar-refractivity contribution in [1.29, 1.82) is 0 Å². The van der Waals surface area contributed by atoms with Crippen LogP contribution in [0.25, 0.3) is 0 Å². The van der Waals surface area contributed by atoms with E-state index in [-0.39, 0.29) is 20.2 Å². The first-order valence-corrected chi connectivity index (χ1v) is 16.9. The number of amides is 1. The zero-order valence-electron chi connectivity index (χ0n) is 26.3. The molecule has 0 aromatic rings. The van der Waals surface area contributed by atoms with Gasteiger partial charge in [-0.15, -0.1) is 0 Å². The number of carbonyl (C=O) groups excluding carboxylic acids is 1. The van der Waals surface area contributed by atoms with Crippen molar-refractivity contribution in [2.75, 3.05) is 13.2 Å². The molecule has 4 aliphatic rings. The van der Waals surface area contributed by atoms with E-state index in [1.807, 2.05) is 0 Å². The fourth-order valence-electron chi connectivity index (χ4n) is 10.1. The Morgan fingerprint density at radius 1 is 1.08 bits per heavy atom. The Kier molecular flexibility index (Phi) is 10.5. The van der Waals surface area contributed by atoms with Crippen LogP contribution in [0.1, 0.15) is 133 Å². The normalized spacial score (nSPS) is 37.3. The van der Waals surface area contributed by atoms with Gasteiger partial charge in [-0.2, -0.15) is 0 Å². The average Bonchev–Trinajstić information content (AvgIpc) is 3.25. The molecular formula is C35H63NO3. The smallest absolute Gasteiger partial charge is 0.407 e. The second-order valence-electron chi connectivity index (χ2n) is 15.1. The highest BCUT2D eigenvalue weighted by Gasteiger charge is 2.59. The third kappa shape index (κ3) is 6.73. The molecule has 3 fully saturated rings. The minimum atomic E-state index is -0.260. The van der Waals surface area contributed by atoms with Crippen LogP contribution in [0, 0.1) is 52.3 Å². The predicted molar refractivity (Wildman–Crippen MR) is 164 cm³/mol. The zero-order valence-corrected chi connectivity index (χ0v) is 26.3. The Morgan fingerprint density at radius 2 is 1.87 bits per heavy atom. The molecule has 4 aliphatic carbocycles. The van der Waals surface area contributed by atoms with Gasteiger partial charge in [-0.3, -0.25) is 0 Å². The van der Waals surface area contributed by atoms with Crippen molar-refractivity contribution in [2.45, 2.75) is 138 Å². The highest BCUT2D eigenvalue weighted by molar-refractivity contribution is 5.67. The lowest BCUT2D eigenvalue weighted by Gasteiger charge is -2.58. The molecule has 4 heteroatoms. The molecule has 1 amide bonds. The van der Waals surface area contributed by atoms with Crippen molar-refractivity contribution in [1.82, 2.24) is 5.32 Å². The number of aliphatic hydroxyl groups is 1. The summed E-state index contributed by atoms with van der Waals surface area (Å²) in [7, 11) is 0. The van der Waals surface area contributed by atoms with Crippen LogP contribution in [-0.4, -0.2) is 30.5 Å². The van der Waals surface area contributed by atoms with Crippen LogP contribution < -0.4 is 5.32 Å². The topological polar surface area (TPSA) is 58.6 Å². The first kappa shape index (κ1) is 30.9. The molecule has 7 unspecified atom stereocenters. The number of nitrogens with one attached hydrogen (secondary N) is 1. The lowest BCUT2D eigenvalue weighted by Crippen LogP contribution is -2.51. The quantitative estimate of drug-likeness (QED) is 0.240. The molecule has 4 rings (SSSR count). The molecule has 9 atom stereocenters. The van der Waals surface area contributed by atoms with Gasteiger partial charge in [0, 0.05) is 21.0 Å².